The van der Waals surface area contributed by atoms with Gasteiger partial charge in [0, 0.05) is 31.8 Å². The fourth-order valence-corrected chi connectivity index (χ4v) is 2.80. The molecule has 4 nitrogen and oxygen atoms in total. The van der Waals surface area contributed by atoms with Gasteiger partial charge in [-0.1, -0.05) is 24.3 Å². The Hall–Kier alpha value is -1.65. The molecule has 1 N–H and O–H groups in total. The summed E-state index contributed by atoms with van der Waals surface area (Å²) in [4.78, 5) is 7.03. The fourth-order valence-electron chi connectivity index (χ4n) is 2.80. The van der Waals surface area contributed by atoms with Crippen LogP contribution in [0.15, 0.2) is 30.5 Å². The second-order valence-corrected chi connectivity index (χ2v) is 5.27. The molecule has 4 heteroatoms. The Balaban J connectivity index is 2.51. The van der Waals surface area contributed by atoms with E-state index in [1.165, 1.54) is 16.3 Å². The molecule has 1 aromatic heterocycles. The minimum Gasteiger partial charge on any atom is -0.383 e. The van der Waals surface area contributed by atoms with Crippen molar-refractivity contribution in [2.45, 2.75) is 26.4 Å². The van der Waals surface area contributed by atoms with Crippen molar-refractivity contribution in [2.24, 2.45) is 0 Å². The number of anilines is 1. The van der Waals surface area contributed by atoms with E-state index in [9.17, 15) is 0 Å². The first kappa shape index (κ1) is 15.7. The molecular weight excluding hydrogens is 262 g/mol. The van der Waals surface area contributed by atoms with Gasteiger partial charge in [-0.15, -0.1) is 0 Å². The lowest BCUT2D eigenvalue weighted by Crippen LogP contribution is -2.36. The zero-order valence-corrected chi connectivity index (χ0v) is 13.4. The third-order valence-corrected chi connectivity index (χ3v) is 3.78. The summed E-state index contributed by atoms with van der Waals surface area (Å²) >= 11 is 0. The molecule has 0 aliphatic heterocycles. The predicted molar refractivity (Wildman–Crippen MR) is 88.9 cm³/mol. The highest BCUT2D eigenvalue weighted by Gasteiger charge is 2.17. The maximum atomic E-state index is 5.30. The van der Waals surface area contributed by atoms with Crippen LogP contribution in [0.1, 0.15) is 19.4 Å². The summed E-state index contributed by atoms with van der Waals surface area (Å²) < 4.78 is 5.30. The number of methoxy groups -OCH3 is 1. The molecule has 0 saturated carbocycles. The van der Waals surface area contributed by atoms with E-state index in [0.717, 1.165) is 18.9 Å². The van der Waals surface area contributed by atoms with E-state index in [1.807, 2.05) is 13.2 Å². The third-order valence-electron chi connectivity index (χ3n) is 3.78. The van der Waals surface area contributed by atoms with Crippen LogP contribution in [0.3, 0.4) is 0 Å². The zero-order chi connectivity index (χ0) is 15.2. The molecule has 0 aliphatic rings. The number of fused-ring (bicyclic) bond motifs is 1. The molecule has 0 amide bonds. The van der Waals surface area contributed by atoms with Crippen LogP contribution < -0.4 is 10.2 Å². The van der Waals surface area contributed by atoms with Crippen LogP contribution >= 0.6 is 0 Å². The maximum absolute atomic E-state index is 5.30. The number of rotatable bonds is 7. The number of nitrogens with zero attached hydrogens (tertiary/aromatic N) is 2. The number of likely N-dealkylation sites (N-methyl/N-ethyl adjacent to an activating group) is 1. The molecule has 1 aromatic carbocycles. The van der Waals surface area contributed by atoms with Crippen molar-refractivity contribution >= 4 is 16.6 Å². The van der Waals surface area contributed by atoms with Crippen molar-refractivity contribution in [3.63, 3.8) is 0 Å². The first-order chi connectivity index (χ1) is 10.2. The van der Waals surface area contributed by atoms with Crippen LogP contribution in [0.5, 0.6) is 0 Å². The van der Waals surface area contributed by atoms with Gasteiger partial charge in [0.05, 0.1) is 12.6 Å². The highest BCUT2D eigenvalue weighted by atomic mass is 16.5. The van der Waals surface area contributed by atoms with Gasteiger partial charge in [0.25, 0.3) is 0 Å². The summed E-state index contributed by atoms with van der Waals surface area (Å²) in [5.41, 5.74) is 1.23. The van der Waals surface area contributed by atoms with Gasteiger partial charge in [0.2, 0.25) is 0 Å². The number of pyridine rings is 1. The largest absolute Gasteiger partial charge is 0.383 e. The molecule has 0 radical (unpaired) electrons. The Morgan fingerprint density at radius 3 is 2.62 bits per heavy atom. The average molecular weight is 287 g/mol. The van der Waals surface area contributed by atoms with Crippen molar-refractivity contribution in [1.29, 1.82) is 0 Å². The molecule has 114 valence electrons. The zero-order valence-electron chi connectivity index (χ0n) is 13.4. The molecule has 0 aliphatic carbocycles. The van der Waals surface area contributed by atoms with E-state index in [1.54, 1.807) is 7.11 Å². The number of nitrogens with one attached hydrogen (secondary N) is 1. The maximum Gasteiger partial charge on any atom is 0.136 e. The average Bonchev–Trinajstić information content (AvgIpc) is 2.50. The quantitative estimate of drug-likeness (QED) is 0.849. The number of ether oxygens (including phenoxy) is 1. The lowest BCUT2D eigenvalue weighted by molar-refractivity contribution is 0.182. The van der Waals surface area contributed by atoms with Crippen LogP contribution in [-0.4, -0.2) is 38.3 Å². The fraction of sp³-hybridized carbons (Fsp3) is 0.471. The van der Waals surface area contributed by atoms with Gasteiger partial charge in [0.1, 0.15) is 5.82 Å². The van der Waals surface area contributed by atoms with Crippen molar-refractivity contribution < 1.29 is 4.74 Å². The number of hydrogen-bond donors (Lipinski definition) is 1. The van der Waals surface area contributed by atoms with Crippen molar-refractivity contribution in [3.05, 3.63) is 36.0 Å². The van der Waals surface area contributed by atoms with Crippen molar-refractivity contribution in [1.82, 2.24) is 10.3 Å². The molecule has 0 saturated heterocycles. The highest BCUT2D eigenvalue weighted by Crippen LogP contribution is 2.28. The summed E-state index contributed by atoms with van der Waals surface area (Å²) in [6.07, 6.45) is 1.98. The van der Waals surface area contributed by atoms with Gasteiger partial charge in [-0.2, -0.15) is 0 Å². The van der Waals surface area contributed by atoms with Crippen molar-refractivity contribution in [2.75, 3.05) is 32.2 Å². The third kappa shape index (κ3) is 3.34. The lowest BCUT2D eigenvalue weighted by atomic mass is 10.1. The summed E-state index contributed by atoms with van der Waals surface area (Å²) in [5, 5.41) is 5.68. The predicted octanol–water partition coefficient (Wildman–Crippen LogP) is 2.82. The van der Waals surface area contributed by atoms with Crippen LogP contribution in [0.4, 0.5) is 5.82 Å². The number of benzene rings is 1. The molecule has 1 heterocycles. The van der Waals surface area contributed by atoms with Crippen molar-refractivity contribution in [3.8, 4) is 0 Å². The van der Waals surface area contributed by atoms with Gasteiger partial charge < -0.3 is 15.0 Å². The van der Waals surface area contributed by atoms with Gasteiger partial charge in [-0.25, -0.2) is 4.98 Å². The van der Waals surface area contributed by atoms with E-state index in [0.29, 0.717) is 12.6 Å². The minimum absolute atomic E-state index is 0.297. The molecule has 2 aromatic rings. The monoisotopic (exact) mass is 287 g/mol. The Bertz CT molecular complexity index is 585. The molecule has 0 spiro atoms. The van der Waals surface area contributed by atoms with Gasteiger partial charge in [-0.05, 0) is 31.8 Å². The van der Waals surface area contributed by atoms with Crippen LogP contribution in [-0.2, 0) is 11.3 Å². The van der Waals surface area contributed by atoms with Gasteiger partial charge >= 0.3 is 0 Å². The summed E-state index contributed by atoms with van der Waals surface area (Å²) in [5.74, 6) is 1.04. The first-order valence-corrected chi connectivity index (χ1v) is 7.49. The molecule has 1 atom stereocenters. The van der Waals surface area contributed by atoms with Crippen LogP contribution in [0.25, 0.3) is 10.8 Å². The Kier molecular flexibility index (Phi) is 5.53. The van der Waals surface area contributed by atoms with E-state index in [4.69, 9.17) is 9.72 Å². The van der Waals surface area contributed by atoms with E-state index in [-0.39, 0.29) is 0 Å². The molecule has 0 fully saturated rings. The Morgan fingerprint density at radius 2 is 2.00 bits per heavy atom. The SMILES string of the molecule is CCN(c1ncc(CNC)c2ccccc12)C(C)COC. The molecule has 1 unspecified atom stereocenters. The molecule has 21 heavy (non-hydrogen) atoms. The summed E-state index contributed by atoms with van der Waals surface area (Å²) in [7, 11) is 3.70. The highest BCUT2D eigenvalue weighted by molar-refractivity contribution is 5.94. The molecule has 0 bridgehead atoms. The second-order valence-electron chi connectivity index (χ2n) is 5.27. The van der Waals surface area contributed by atoms with Gasteiger partial charge in [-0.3, -0.25) is 0 Å². The normalized spacial score (nSPS) is 12.6. The van der Waals surface area contributed by atoms with E-state index in [2.05, 4.69) is 48.3 Å². The van der Waals surface area contributed by atoms with E-state index >= 15 is 0 Å². The first-order valence-electron chi connectivity index (χ1n) is 7.49. The van der Waals surface area contributed by atoms with Gasteiger partial charge in [0.15, 0.2) is 0 Å². The minimum atomic E-state index is 0.297. The topological polar surface area (TPSA) is 37.4 Å². The van der Waals surface area contributed by atoms with Crippen LogP contribution in [0.2, 0.25) is 0 Å². The molecule has 2 rings (SSSR count). The summed E-state index contributed by atoms with van der Waals surface area (Å²) in [6, 6.07) is 8.78. The van der Waals surface area contributed by atoms with E-state index < -0.39 is 0 Å². The smallest absolute Gasteiger partial charge is 0.136 e. The van der Waals surface area contributed by atoms with Crippen LogP contribution in [0, 0.1) is 0 Å². The molecular formula is C17H25N3O. The Morgan fingerprint density at radius 1 is 1.29 bits per heavy atom. The number of hydrogen-bond acceptors (Lipinski definition) is 4. The summed E-state index contributed by atoms with van der Waals surface area (Å²) in [6.45, 7) is 6.76. The standard InChI is InChI=1S/C17H25N3O/c1-5-20(13(2)12-21-4)17-16-9-7-6-8-15(16)14(10-18-3)11-19-17/h6-9,11,13,18H,5,10,12H2,1-4H3. The second kappa shape index (κ2) is 7.38. The number of aromatic nitrogens is 1. The lowest BCUT2D eigenvalue weighted by Gasteiger charge is -2.30. The Labute approximate surface area is 127 Å².